The van der Waals surface area contributed by atoms with Crippen LogP contribution in [0.15, 0.2) is 23.4 Å². The van der Waals surface area contributed by atoms with Gasteiger partial charge in [-0.15, -0.1) is 11.8 Å². The lowest BCUT2D eigenvalue weighted by molar-refractivity contribution is 0.107. The van der Waals surface area contributed by atoms with Gasteiger partial charge < -0.3 is 5.11 Å². The van der Waals surface area contributed by atoms with Crippen molar-refractivity contribution in [1.29, 1.82) is 5.26 Å². The summed E-state index contributed by atoms with van der Waals surface area (Å²) in [6.07, 6.45) is 3.30. The second-order valence-electron chi connectivity index (χ2n) is 4.70. The van der Waals surface area contributed by atoms with Crippen LogP contribution in [0.2, 0.25) is 0 Å². The molecule has 2 aromatic rings. The number of hydrogen-bond acceptors (Lipinski definition) is 4. The van der Waals surface area contributed by atoms with Crippen LogP contribution in [0.4, 0.5) is 0 Å². The molecule has 0 atom stereocenters. The lowest BCUT2D eigenvalue weighted by Crippen LogP contribution is -2.21. The third-order valence-corrected chi connectivity index (χ3v) is 3.74. The summed E-state index contributed by atoms with van der Waals surface area (Å²) in [6.45, 7) is 3.51. The van der Waals surface area contributed by atoms with E-state index >= 15 is 0 Å². The Labute approximate surface area is 111 Å². The molecule has 90 valence electrons. The molecule has 18 heavy (non-hydrogen) atoms. The molecule has 0 unspecified atom stereocenters. The minimum absolute atomic E-state index is 0.464. The zero-order valence-electron chi connectivity index (χ0n) is 10.2. The summed E-state index contributed by atoms with van der Waals surface area (Å²) in [5, 5.41) is 22.7. The van der Waals surface area contributed by atoms with E-state index in [0.717, 1.165) is 4.90 Å². The number of rotatable bonds is 3. The maximum Gasteiger partial charge on any atom is 0.116 e. The maximum absolute atomic E-state index is 9.69. The fraction of sp³-hybridized carbons (Fsp3) is 0.333. The summed E-state index contributed by atoms with van der Waals surface area (Å²) >= 11 is 1.50. The second kappa shape index (κ2) is 4.67. The number of aromatic nitrogens is 2. The molecule has 0 fully saturated rings. The molecule has 2 heterocycles. The van der Waals surface area contributed by atoms with Crippen molar-refractivity contribution in [2.45, 2.75) is 24.3 Å². The van der Waals surface area contributed by atoms with Gasteiger partial charge in [-0.05, 0) is 13.8 Å². The van der Waals surface area contributed by atoms with E-state index in [1.54, 1.807) is 24.4 Å². The van der Waals surface area contributed by atoms with Gasteiger partial charge in [-0.2, -0.15) is 10.4 Å². The van der Waals surface area contributed by atoms with E-state index in [4.69, 9.17) is 13.1 Å². The van der Waals surface area contributed by atoms with E-state index in [2.05, 4.69) is 11.2 Å². The molecular weight excluding hydrogens is 245 g/mol. The topological polar surface area (TPSA) is 61.3 Å². The average Bonchev–Trinajstić information content (AvgIpc) is 2.69. The summed E-state index contributed by atoms with van der Waals surface area (Å²) in [5.41, 5.74) is 0.873. The van der Waals surface area contributed by atoms with Gasteiger partial charge in [-0.1, -0.05) is 11.5 Å². The fourth-order valence-corrected chi connectivity index (χ4v) is 2.45. The van der Waals surface area contributed by atoms with Crippen molar-refractivity contribution in [2.75, 3.05) is 5.75 Å². The van der Waals surface area contributed by atoms with Crippen molar-refractivity contribution >= 4 is 30.6 Å². The van der Waals surface area contributed by atoms with Crippen molar-refractivity contribution < 1.29 is 5.11 Å². The Morgan fingerprint density at radius 3 is 2.94 bits per heavy atom. The van der Waals surface area contributed by atoms with Crippen LogP contribution in [0.5, 0.6) is 0 Å². The predicted molar refractivity (Wildman–Crippen MR) is 72.3 cm³/mol. The van der Waals surface area contributed by atoms with Crippen LogP contribution in [0, 0.1) is 11.3 Å². The zero-order chi connectivity index (χ0) is 13.3. The minimum Gasteiger partial charge on any atom is -0.390 e. The van der Waals surface area contributed by atoms with Crippen LogP contribution < -0.4 is 5.46 Å². The monoisotopic (exact) mass is 257 g/mol. The van der Waals surface area contributed by atoms with Gasteiger partial charge in [0.15, 0.2) is 0 Å². The molecule has 0 aromatic carbocycles. The molecule has 0 spiro atoms. The largest absolute Gasteiger partial charge is 0.390 e. The summed E-state index contributed by atoms with van der Waals surface area (Å²) in [6, 6.07) is 3.86. The first-order valence-electron chi connectivity index (χ1n) is 5.43. The molecule has 0 amide bonds. The lowest BCUT2D eigenvalue weighted by atomic mass is 9.95. The minimum atomic E-state index is -0.740. The highest BCUT2D eigenvalue weighted by atomic mass is 32.2. The molecule has 0 saturated carbocycles. The van der Waals surface area contributed by atoms with E-state index in [9.17, 15) is 5.11 Å². The van der Waals surface area contributed by atoms with E-state index < -0.39 is 5.60 Å². The molecule has 0 aliphatic carbocycles. The number of fused-ring (bicyclic) bond motifs is 1. The highest BCUT2D eigenvalue weighted by Crippen LogP contribution is 2.22. The SMILES string of the molecule is [B]c1cc(SCC(C)(C)O)cn2ncc(C#N)c12. The molecule has 6 heteroatoms. The third-order valence-electron chi connectivity index (χ3n) is 2.33. The number of nitrogens with zero attached hydrogens (tertiary/aromatic N) is 3. The van der Waals surface area contributed by atoms with Gasteiger partial charge >= 0.3 is 0 Å². The Bertz CT molecular complexity index is 625. The molecule has 0 aliphatic heterocycles. The summed E-state index contributed by atoms with van der Waals surface area (Å²) < 4.78 is 1.60. The molecule has 2 aromatic heterocycles. The first kappa shape index (κ1) is 13.0. The molecule has 4 nitrogen and oxygen atoms in total. The average molecular weight is 257 g/mol. The number of aliphatic hydroxyl groups is 1. The van der Waals surface area contributed by atoms with Gasteiger partial charge in [-0.3, -0.25) is 0 Å². The van der Waals surface area contributed by atoms with Crippen molar-refractivity contribution in [3.05, 3.63) is 24.0 Å². The molecule has 0 aliphatic rings. The van der Waals surface area contributed by atoms with Crippen LogP contribution >= 0.6 is 11.8 Å². The van der Waals surface area contributed by atoms with Crippen LogP contribution in [-0.2, 0) is 0 Å². The van der Waals surface area contributed by atoms with Gasteiger partial charge in [0.1, 0.15) is 13.9 Å². The highest BCUT2D eigenvalue weighted by Gasteiger charge is 2.14. The summed E-state index contributed by atoms with van der Waals surface area (Å²) in [7, 11) is 5.93. The quantitative estimate of drug-likeness (QED) is 0.654. The lowest BCUT2D eigenvalue weighted by Gasteiger charge is -2.16. The number of hydrogen-bond donors (Lipinski definition) is 1. The van der Waals surface area contributed by atoms with Crippen LogP contribution in [0.25, 0.3) is 5.52 Å². The van der Waals surface area contributed by atoms with E-state index in [1.807, 2.05) is 6.20 Å². The molecule has 2 rings (SSSR count). The van der Waals surface area contributed by atoms with Gasteiger partial charge in [-0.25, -0.2) is 4.52 Å². The Morgan fingerprint density at radius 1 is 1.61 bits per heavy atom. The van der Waals surface area contributed by atoms with Crippen molar-refractivity contribution in [1.82, 2.24) is 9.61 Å². The van der Waals surface area contributed by atoms with Crippen LogP contribution in [0.1, 0.15) is 19.4 Å². The smallest absolute Gasteiger partial charge is 0.116 e. The van der Waals surface area contributed by atoms with E-state index in [0.29, 0.717) is 22.3 Å². The van der Waals surface area contributed by atoms with Crippen LogP contribution in [-0.4, -0.2) is 33.9 Å². The standard InChI is InChI=1S/C12H12BN3OS/c1-12(2,17)7-18-9-3-10(13)11-8(4-14)5-15-16(11)6-9/h3,5-6,17H,7H2,1-2H3. The zero-order valence-corrected chi connectivity index (χ0v) is 11.0. The van der Waals surface area contributed by atoms with E-state index in [1.165, 1.54) is 18.0 Å². The van der Waals surface area contributed by atoms with Crippen LogP contribution in [0.3, 0.4) is 0 Å². The molecule has 0 bridgehead atoms. The number of pyridine rings is 1. The summed E-state index contributed by atoms with van der Waals surface area (Å²) in [4.78, 5) is 0.912. The van der Waals surface area contributed by atoms with Gasteiger partial charge in [0.05, 0.1) is 22.9 Å². The number of nitriles is 1. The van der Waals surface area contributed by atoms with Crippen molar-refractivity contribution in [3.63, 3.8) is 0 Å². The number of thioether (sulfide) groups is 1. The maximum atomic E-state index is 9.69. The van der Waals surface area contributed by atoms with Gasteiger partial charge in [0.2, 0.25) is 0 Å². The molecule has 0 saturated heterocycles. The molecular formula is C12H12BN3OS. The van der Waals surface area contributed by atoms with Crippen molar-refractivity contribution in [3.8, 4) is 6.07 Å². The Morgan fingerprint density at radius 2 is 2.33 bits per heavy atom. The first-order valence-corrected chi connectivity index (χ1v) is 6.41. The fourth-order valence-electron chi connectivity index (χ4n) is 1.55. The molecule has 1 N–H and O–H groups in total. The Kier molecular flexibility index (Phi) is 3.37. The predicted octanol–water partition coefficient (Wildman–Crippen LogP) is 0.863. The van der Waals surface area contributed by atoms with Crippen molar-refractivity contribution in [2.24, 2.45) is 0 Å². The highest BCUT2D eigenvalue weighted by molar-refractivity contribution is 7.99. The summed E-state index contributed by atoms with van der Waals surface area (Å²) in [5.74, 6) is 0.560. The van der Waals surface area contributed by atoms with Gasteiger partial charge in [0.25, 0.3) is 0 Å². The Hall–Kier alpha value is -1.45. The Balaban J connectivity index is 2.36. The third kappa shape index (κ3) is 2.69. The normalized spacial score (nSPS) is 11.7. The first-order chi connectivity index (χ1) is 8.40. The second-order valence-corrected chi connectivity index (χ2v) is 5.74. The van der Waals surface area contributed by atoms with Gasteiger partial charge in [0, 0.05) is 16.8 Å². The van der Waals surface area contributed by atoms with E-state index in [-0.39, 0.29) is 0 Å². The molecule has 2 radical (unpaired) electrons.